The van der Waals surface area contributed by atoms with Crippen LogP contribution in [0.2, 0.25) is 0 Å². The maximum atomic E-state index is 12.8. The number of unbranched alkanes of at least 4 members (excludes halogenated alkanes) is 1. The number of anilines is 1. The van der Waals surface area contributed by atoms with Gasteiger partial charge in [0.25, 0.3) is 0 Å². The molecule has 1 fully saturated rings. The predicted octanol–water partition coefficient (Wildman–Crippen LogP) is 3.58. The molecule has 0 atom stereocenters. The van der Waals surface area contributed by atoms with Crippen molar-refractivity contribution >= 4 is 43.2 Å². The molecule has 7 nitrogen and oxygen atoms in total. The molecule has 1 aliphatic heterocycles. The number of hydrogen-bond acceptors (Lipinski definition) is 6. The quantitative estimate of drug-likeness (QED) is 0.507. The predicted molar refractivity (Wildman–Crippen MR) is 129 cm³/mol. The molecule has 2 aromatic carbocycles. The fourth-order valence-electron chi connectivity index (χ4n) is 3.70. The number of hydrogen-bond donors (Lipinski definition) is 1. The number of carbonyl (C=O) groups excluding carboxylic acids is 1. The van der Waals surface area contributed by atoms with Gasteiger partial charge in [-0.1, -0.05) is 12.1 Å². The normalized spacial score (nSPS) is 15.8. The van der Waals surface area contributed by atoms with E-state index in [1.807, 2.05) is 25.2 Å². The van der Waals surface area contributed by atoms with Crippen molar-refractivity contribution in [3.63, 3.8) is 0 Å². The van der Waals surface area contributed by atoms with E-state index < -0.39 is 10.0 Å². The van der Waals surface area contributed by atoms with Crippen molar-refractivity contribution < 1.29 is 13.2 Å². The Balaban J connectivity index is 1.23. The topological polar surface area (TPSA) is 82.6 Å². The monoisotopic (exact) mass is 472 g/mol. The van der Waals surface area contributed by atoms with Crippen molar-refractivity contribution in [3.8, 4) is 0 Å². The Morgan fingerprint density at radius 1 is 1.03 bits per heavy atom. The van der Waals surface area contributed by atoms with E-state index in [-0.39, 0.29) is 10.8 Å². The maximum absolute atomic E-state index is 12.8. The minimum absolute atomic E-state index is 0.0658. The fourth-order valence-corrected chi connectivity index (χ4v) is 6.13. The van der Waals surface area contributed by atoms with Crippen molar-refractivity contribution in [3.05, 3.63) is 53.5 Å². The minimum Gasteiger partial charge on any atom is -0.326 e. The minimum atomic E-state index is -3.50. The third-order valence-electron chi connectivity index (χ3n) is 5.62. The Morgan fingerprint density at radius 2 is 1.75 bits per heavy atom. The highest BCUT2D eigenvalue weighted by atomic mass is 32.2. The summed E-state index contributed by atoms with van der Waals surface area (Å²) < 4.78 is 28.3. The van der Waals surface area contributed by atoms with E-state index in [1.165, 1.54) is 9.01 Å². The molecule has 4 rings (SSSR count). The summed E-state index contributed by atoms with van der Waals surface area (Å²) in [5, 5.41) is 3.96. The zero-order valence-corrected chi connectivity index (χ0v) is 19.8. The van der Waals surface area contributed by atoms with E-state index in [0.717, 1.165) is 42.9 Å². The smallest absolute Gasteiger partial charge is 0.243 e. The maximum Gasteiger partial charge on any atom is 0.243 e. The van der Waals surface area contributed by atoms with Crippen LogP contribution in [0, 0.1) is 0 Å². The molecular formula is C23H28N4O3S2. The van der Waals surface area contributed by atoms with Crippen LogP contribution in [0.15, 0.2) is 53.4 Å². The second-order valence-electron chi connectivity index (χ2n) is 8.06. The Kier molecular flexibility index (Phi) is 7.20. The van der Waals surface area contributed by atoms with Gasteiger partial charge in [-0.05, 0) is 62.7 Å². The lowest BCUT2D eigenvalue weighted by Crippen LogP contribution is -2.46. The second-order valence-corrected chi connectivity index (χ2v) is 11.1. The molecule has 1 saturated heterocycles. The van der Waals surface area contributed by atoms with Crippen LogP contribution >= 0.6 is 11.3 Å². The standard InChI is InChI=1S/C23H28N4O3S2/c1-26-14-16-27(17-15-26)32(29,30)19-12-10-18(11-13-19)24-22(28)8-4-5-9-23-25-20-6-2-3-7-21(20)31-23/h2-3,6-7,10-13H,4-5,8-9,14-17H2,1H3,(H,24,28). The number of likely N-dealkylation sites (N-methyl/N-ethyl adjacent to an activating group) is 1. The van der Waals surface area contributed by atoms with Gasteiger partial charge in [-0.25, -0.2) is 13.4 Å². The van der Waals surface area contributed by atoms with Gasteiger partial charge in [0.05, 0.1) is 20.1 Å². The lowest BCUT2D eigenvalue weighted by Gasteiger charge is -2.31. The molecule has 9 heteroatoms. The number of nitrogens with zero attached hydrogens (tertiary/aromatic N) is 3. The molecule has 0 aliphatic carbocycles. The van der Waals surface area contributed by atoms with E-state index in [1.54, 1.807) is 35.6 Å². The molecule has 0 saturated carbocycles. The van der Waals surface area contributed by atoms with Crippen LogP contribution in [-0.4, -0.2) is 61.7 Å². The van der Waals surface area contributed by atoms with Gasteiger partial charge in [0.2, 0.25) is 15.9 Å². The number of thiazole rings is 1. The number of nitrogens with one attached hydrogen (secondary N) is 1. The van der Waals surface area contributed by atoms with Crippen LogP contribution in [-0.2, 0) is 21.2 Å². The van der Waals surface area contributed by atoms with E-state index in [2.05, 4.69) is 21.3 Å². The molecule has 0 bridgehead atoms. The highest BCUT2D eigenvalue weighted by Crippen LogP contribution is 2.23. The lowest BCUT2D eigenvalue weighted by molar-refractivity contribution is -0.116. The number of fused-ring (bicyclic) bond motifs is 1. The Hall–Kier alpha value is -2.33. The Bertz CT molecular complexity index is 1130. The average Bonchev–Trinajstić information content (AvgIpc) is 3.20. The summed E-state index contributed by atoms with van der Waals surface area (Å²) in [6.07, 6.45) is 2.96. The van der Waals surface area contributed by atoms with Gasteiger partial charge in [0, 0.05) is 38.3 Å². The van der Waals surface area contributed by atoms with Crippen LogP contribution in [0.1, 0.15) is 24.3 Å². The number of rotatable bonds is 8. The molecule has 3 aromatic rings. The summed E-state index contributed by atoms with van der Waals surface area (Å²) in [6, 6.07) is 14.5. The van der Waals surface area contributed by atoms with Crippen LogP contribution in [0.5, 0.6) is 0 Å². The number of carbonyl (C=O) groups is 1. The van der Waals surface area contributed by atoms with Crippen molar-refractivity contribution in [2.24, 2.45) is 0 Å². The molecule has 0 unspecified atom stereocenters. The number of amides is 1. The molecule has 0 spiro atoms. The molecule has 1 aromatic heterocycles. The zero-order valence-electron chi connectivity index (χ0n) is 18.2. The molecule has 1 amide bonds. The van der Waals surface area contributed by atoms with Crippen molar-refractivity contribution in [2.75, 3.05) is 38.5 Å². The van der Waals surface area contributed by atoms with Crippen molar-refractivity contribution in [2.45, 2.75) is 30.6 Å². The number of sulfonamides is 1. The van der Waals surface area contributed by atoms with Gasteiger partial charge in [-0.15, -0.1) is 11.3 Å². The number of aromatic nitrogens is 1. The third kappa shape index (κ3) is 5.53. The molecule has 0 radical (unpaired) electrons. The first-order valence-electron chi connectivity index (χ1n) is 10.8. The van der Waals surface area contributed by atoms with Gasteiger partial charge >= 0.3 is 0 Å². The second kappa shape index (κ2) is 10.1. The van der Waals surface area contributed by atoms with Gasteiger partial charge in [-0.2, -0.15) is 4.31 Å². The van der Waals surface area contributed by atoms with Crippen molar-refractivity contribution in [1.29, 1.82) is 0 Å². The first-order chi connectivity index (χ1) is 15.4. The number of benzene rings is 2. The fraction of sp³-hybridized carbons (Fsp3) is 0.391. The van der Waals surface area contributed by atoms with E-state index in [9.17, 15) is 13.2 Å². The molecule has 32 heavy (non-hydrogen) atoms. The summed E-state index contributed by atoms with van der Waals surface area (Å²) in [4.78, 5) is 19.3. The summed E-state index contributed by atoms with van der Waals surface area (Å²) in [5.74, 6) is -0.0658. The van der Waals surface area contributed by atoms with Gasteiger partial charge in [0.15, 0.2) is 0 Å². The molecule has 1 N–H and O–H groups in total. The summed E-state index contributed by atoms with van der Waals surface area (Å²) in [5.41, 5.74) is 1.64. The average molecular weight is 473 g/mol. The van der Waals surface area contributed by atoms with Crippen LogP contribution in [0.4, 0.5) is 5.69 Å². The Labute approximate surface area is 193 Å². The van der Waals surface area contributed by atoms with Gasteiger partial charge in [0.1, 0.15) is 0 Å². The first kappa shape index (κ1) is 22.8. The summed E-state index contributed by atoms with van der Waals surface area (Å²) in [6.45, 7) is 2.45. The van der Waals surface area contributed by atoms with E-state index >= 15 is 0 Å². The summed E-state index contributed by atoms with van der Waals surface area (Å²) in [7, 11) is -1.51. The van der Waals surface area contributed by atoms with Crippen LogP contribution in [0.25, 0.3) is 10.2 Å². The van der Waals surface area contributed by atoms with E-state index in [4.69, 9.17) is 0 Å². The van der Waals surface area contributed by atoms with Crippen LogP contribution < -0.4 is 5.32 Å². The molecule has 170 valence electrons. The van der Waals surface area contributed by atoms with Crippen molar-refractivity contribution in [1.82, 2.24) is 14.2 Å². The first-order valence-corrected chi connectivity index (χ1v) is 13.1. The zero-order chi connectivity index (χ0) is 22.6. The third-order valence-corrected chi connectivity index (χ3v) is 8.63. The molecule has 2 heterocycles. The number of aryl methyl sites for hydroxylation is 1. The summed E-state index contributed by atoms with van der Waals surface area (Å²) >= 11 is 1.71. The number of para-hydroxylation sites is 1. The van der Waals surface area contributed by atoms with E-state index in [0.29, 0.717) is 25.2 Å². The largest absolute Gasteiger partial charge is 0.326 e. The van der Waals surface area contributed by atoms with Gasteiger partial charge < -0.3 is 10.2 Å². The molecule has 1 aliphatic rings. The van der Waals surface area contributed by atoms with Crippen LogP contribution in [0.3, 0.4) is 0 Å². The highest BCUT2D eigenvalue weighted by Gasteiger charge is 2.27. The van der Waals surface area contributed by atoms with Gasteiger partial charge in [-0.3, -0.25) is 4.79 Å². The lowest BCUT2D eigenvalue weighted by atomic mass is 10.2. The Morgan fingerprint density at radius 3 is 2.47 bits per heavy atom. The highest BCUT2D eigenvalue weighted by molar-refractivity contribution is 7.89. The number of piperazine rings is 1. The molecular weight excluding hydrogens is 444 g/mol. The SMILES string of the molecule is CN1CCN(S(=O)(=O)c2ccc(NC(=O)CCCCc3nc4ccccc4s3)cc2)CC1.